The van der Waals surface area contributed by atoms with Crippen LogP contribution in [0.25, 0.3) is 10.2 Å². The number of rotatable bonds is 5. The highest BCUT2D eigenvalue weighted by atomic mass is 32.1. The lowest BCUT2D eigenvalue weighted by molar-refractivity contribution is -0.140. The Bertz CT molecular complexity index is 947. The van der Waals surface area contributed by atoms with Crippen molar-refractivity contribution < 1.29 is 14.7 Å². The summed E-state index contributed by atoms with van der Waals surface area (Å²) in [6.45, 7) is 6.07. The highest BCUT2D eigenvalue weighted by Crippen LogP contribution is 2.28. The number of carboxylic acid groups (broad SMARTS) is 1. The average molecular weight is 391 g/mol. The van der Waals surface area contributed by atoms with E-state index in [0.717, 1.165) is 31.5 Å². The summed E-state index contributed by atoms with van der Waals surface area (Å²) in [5.74, 6) is -0.925. The van der Waals surface area contributed by atoms with Crippen LogP contribution in [-0.4, -0.2) is 32.6 Å². The molecule has 0 spiro atoms. The molecule has 2 N–H and O–H groups in total. The van der Waals surface area contributed by atoms with Gasteiger partial charge in [0.05, 0.1) is 10.3 Å². The van der Waals surface area contributed by atoms with Crippen LogP contribution in [-0.2, 0) is 17.8 Å². The highest BCUT2D eigenvalue weighted by Gasteiger charge is 2.28. The summed E-state index contributed by atoms with van der Waals surface area (Å²) >= 11 is 1.17. The molecule has 1 amide bonds. The van der Waals surface area contributed by atoms with Gasteiger partial charge >= 0.3 is 5.97 Å². The van der Waals surface area contributed by atoms with Gasteiger partial charge < -0.3 is 10.4 Å². The third-order valence-corrected chi connectivity index (χ3v) is 6.57. The van der Waals surface area contributed by atoms with Gasteiger partial charge in [0.1, 0.15) is 16.7 Å². The fourth-order valence-electron chi connectivity index (χ4n) is 3.52. The zero-order valence-electron chi connectivity index (χ0n) is 15.9. The minimum absolute atomic E-state index is 0.0959. The molecule has 0 bridgehead atoms. The molecule has 0 unspecified atom stereocenters. The summed E-state index contributed by atoms with van der Waals surface area (Å²) in [5, 5.41) is 12.5. The summed E-state index contributed by atoms with van der Waals surface area (Å²) in [7, 11) is 0. The minimum Gasteiger partial charge on any atom is -0.480 e. The van der Waals surface area contributed by atoms with Crippen molar-refractivity contribution in [2.75, 3.05) is 0 Å². The fourth-order valence-corrected chi connectivity index (χ4v) is 4.61. The Kier molecular flexibility index (Phi) is 5.64. The predicted molar refractivity (Wildman–Crippen MR) is 105 cm³/mol. The molecule has 8 heteroatoms. The number of thiophene rings is 1. The first-order valence-electron chi connectivity index (χ1n) is 9.41. The zero-order valence-corrected chi connectivity index (χ0v) is 16.7. The molecule has 3 heterocycles. The molecule has 0 saturated carbocycles. The van der Waals surface area contributed by atoms with Crippen molar-refractivity contribution in [1.29, 1.82) is 0 Å². The minimum atomic E-state index is -1.05. The molecule has 2 aromatic rings. The first-order valence-corrected chi connectivity index (χ1v) is 10.2. The number of fused-ring (bicyclic) bond motifs is 2. The molecule has 0 fully saturated rings. The fraction of sp³-hybridized carbons (Fsp3) is 0.579. The number of nitrogens with zero attached hydrogens (tertiary/aromatic N) is 2. The van der Waals surface area contributed by atoms with Gasteiger partial charge in [0.15, 0.2) is 0 Å². The molecule has 0 aliphatic carbocycles. The number of carboxylic acids is 1. The summed E-state index contributed by atoms with van der Waals surface area (Å²) in [4.78, 5) is 42.8. The second-order valence-corrected chi connectivity index (χ2v) is 8.21. The third kappa shape index (κ3) is 3.63. The summed E-state index contributed by atoms with van der Waals surface area (Å²) in [6.07, 6.45) is 4.43. The van der Waals surface area contributed by atoms with E-state index in [0.29, 0.717) is 33.6 Å². The number of aromatic nitrogens is 2. The van der Waals surface area contributed by atoms with E-state index in [2.05, 4.69) is 10.3 Å². The van der Waals surface area contributed by atoms with Crippen molar-refractivity contribution >= 4 is 33.4 Å². The van der Waals surface area contributed by atoms with Crippen LogP contribution >= 0.6 is 11.3 Å². The summed E-state index contributed by atoms with van der Waals surface area (Å²) in [5.41, 5.74) is 0.485. The topological polar surface area (TPSA) is 101 Å². The number of hydrogen-bond donors (Lipinski definition) is 2. The lowest BCUT2D eigenvalue weighted by Crippen LogP contribution is -2.44. The van der Waals surface area contributed by atoms with Crippen LogP contribution in [0.1, 0.15) is 60.6 Å². The zero-order chi connectivity index (χ0) is 19.7. The Morgan fingerprint density at radius 3 is 2.74 bits per heavy atom. The molecule has 0 radical (unpaired) electrons. The maximum absolute atomic E-state index is 13.0. The molecule has 0 saturated heterocycles. The molecule has 1 aliphatic heterocycles. The van der Waals surface area contributed by atoms with Crippen LogP contribution in [0, 0.1) is 12.8 Å². The molecule has 2 atom stereocenters. The Balaban J connectivity index is 2.02. The van der Waals surface area contributed by atoms with Crippen molar-refractivity contribution in [3.05, 3.63) is 26.6 Å². The van der Waals surface area contributed by atoms with Crippen molar-refractivity contribution in [2.24, 2.45) is 5.92 Å². The van der Waals surface area contributed by atoms with Crippen molar-refractivity contribution in [3.63, 3.8) is 0 Å². The monoisotopic (exact) mass is 391 g/mol. The maximum Gasteiger partial charge on any atom is 0.326 e. The molecule has 3 rings (SSSR count). The van der Waals surface area contributed by atoms with Gasteiger partial charge in [-0.15, -0.1) is 11.3 Å². The molecule has 2 aromatic heterocycles. The first kappa shape index (κ1) is 19.5. The van der Waals surface area contributed by atoms with Crippen LogP contribution in [0.3, 0.4) is 0 Å². The molecule has 1 aliphatic rings. The van der Waals surface area contributed by atoms with Gasteiger partial charge in [0.25, 0.3) is 11.5 Å². The number of aryl methyl sites for hydroxylation is 2. The number of hydrogen-bond acceptors (Lipinski definition) is 5. The van der Waals surface area contributed by atoms with Gasteiger partial charge in [-0.1, -0.05) is 26.7 Å². The third-order valence-electron chi connectivity index (χ3n) is 5.38. The standard InChI is InChI=1S/C19H25N3O4S/c1-4-10(2)14(19(25)26)21-16(23)15-11(3)13-17(27-15)20-12-8-6-5-7-9-22(12)18(13)24/h10,14H,4-9H2,1-3H3,(H,21,23)(H,25,26)/t10-,14-/m0/s1. The van der Waals surface area contributed by atoms with Crippen molar-refractivity contribution in [1.82, 2.24) is 14.9 Å². The van der Waals surface area contributed by atoms with Crippen LogP contribution in [0.5, 0.6) is 0 Å². The van der Waals surface area contributed by atoms with Gasteiger partial charge in [-0.3, -0.25) is 14.2 Å². The van der Waals surface area contributed by atoms with Crippen molar-refractivity contribution in [3.8, 4) is 0 Å². The van der Waals surface area contributed by atoms with E-state index in [-0.39, 0.29) is 11.5 Å². The Hall–Kier alpha value is -2.22. The van der Waals surface area contributed by atoms with Crippen LogP contribution in [0.15, 0.2) is 4.79 Å². The van der Waals surface area contributed by atoms with E-state index in [4.69, 9.17) is 0 Å². The lowest BCUT2D eigenvalue weighted by atomic mass is 9.99. The van der Waals surface area contributed by atoms with E-state index in [1.165, 1.54) is 11.3 Å². The SMILES string of the molecule is CC[C@H](C)[C@H](NC(=O)c1sc2nc3n(c(=O)c2c1C)CCCCC3)C(=O)O. The smallest absolute Gasteiger partial charge is 0.326 e. The summed E-state index contributed by atoms with van der Waals surface area (Å²) < 4.78 is 1.73. The number of aliphatic carboxylic acids is 1. The Morgan fingerprint density at radius 1 is 1.33 bits per heavy atom. The van der Waals surface area contributed by atoms with Gasteiger partial charge in [-0.2, -0.15) is 0 Å². The van der Waals surface area contributed by atoms with Gasteiger partial charge in [0, 0.05) is 13.0 Å². The maximum atomic E-state index is 13.0. The molecule has 0 aromatic carbocycles. The molecule has 7 nitrogen and oxygen atoms in total. The normalized spacial score (nSPS) is 16.4. The quantitative estimate of drug-likeness (QED) is 0.816. The van der Waals surface area contributed by atoms with E-state index in [1.54, 1.807) is 18.4 Å². The molecule has 146 valence electrons. The second-order valence-electron chi connectivity index (χ2n) is 7.21. The molecular formula is C19H25N3O4S. The Labute approximate surface area is 161 Å². The van der Waals surface area contributed by atoms with Crippen LogP contribution in [0.2, 0.25) is 0 Å². The van der Waals surface area contributed by atoms with E-state index in [9.17, 15) is 19.5 Å². The number of carbonyl (C=O) groups is 2. The van der Waals surface area contributed by atoms with Gasteiger partial charge in [-0.25, -0.2) is 9.78 Å². The summed E-state index contributed by atoms with van der Waals surface area (Å²) in [6, 6.07) is -0.960. The average Bonchev–Trinajstić information content (AvgIpc) is 2.81. The number of carbonyl (C=O) groups excluding carboxylic acids is 1. The van der Waals surface area contributed by atoms with E-state index in [1.807, 2.05) is 6.92 Å². The number of nitrogens with one attached hydrogen (secondary N) is 1. The molecular weight excluding hydrogens is 366 g/mol. The van der Waals surface area contributed by atoms with Crippen LogP contribution < -0.4 is 10.9 Å². The lowest BCUT2D eigenvalue weighted by Gasteiger charge is -2.19. The molecule has 27 heavy (non-hydrogen) atoms. The second kappa shape index (κ2) is 7.80. The van der Waals surface area contributed by atoms with Gasteiger partial charge in [-0.05, 0) is 31.2 Å². The first-order chi connectivity index (χ1) is 12.8. The number of amides is 1. The van der Waals surface area contributed by atoms with Crippen LogP contribution in [0.4, 0.5) is 0 Å². The highest BCUT2D eigenvalue weighted by molar-refractivity contribution is 7.20. The van der Waals surface area contributed by atoms with Crippen molar-refractivity contribution in [2.45, 2.75) is 65.5 Å². The van der Waals surface area contributed by atoms with Gasteiger partial charge in [0.2, 0.25) is 0 Å². The Morgan fingerprint density at radius 2 is 2.07 bits per heavy atom. The largest absolute Gasteiger partial charge is 0.480 e. The van der Waals surface area contributed by atoms with E-state index >= 15 is 0 Å². The predicted octanol–water partition coefficient (Wildman–Crippen LogP) is 2.72. The van der Waals surface area contributed by atoms with E-state index < -0.39 is 17.9 Å².